The number of amides is 2. The Kier molecular flexibility index (Phi) is 6.69. The summed E-state index contributed by atoms with van der Waals surface area (Å²) in [6.07, 6.45) is 1.95. The maximum absolute atomic E-state index is 12.6. The standard InChI is InChI=1S/C23H28N2O3/c1-3-6-22(26)25-14-13-24-23(27)19(16-25)15-18-7-4-5-8-21(18)17-9-11-20(28-2)12-10-17/h4-5,7-12,19H,3,6,13-16H2,1-2H3,(H,24,27)/t19-/m1/s1. The predicted octanol–water partition coefficient (Wildman–Crippen LogP) is 3.28. The van der Waals surface area contributed by atoms with Crippen molar-refractivity contribution in [3.05, 3.63) is 54.1 Å². The van der Waals surface area contributed by atoms with Gasteiger partial charge in [-0.2, -0.15) is 0 Å². The molecule has 0 saturated carbocycles. The van der Waals surface area contributed by atoms with Crippen LogP contribution >= 0.6 is 0 Å². The van der Waals surface area contributed by atoms with Crippen molar-refractivity contribution in [3.8, 4) is 16.9 Å². The molecule has 2 aromatic rings. The van der Waals surface area contributed by atoms with Gasteiger partial charge in [-0.15, -0.1) is 0 Å². The van der Waals surface area contributed by atoms with Gasteiger partial charge in [-0.3, -0.25) is 9.59 Å². The maximum Gasteiger partial charge on any atom is 0.225 e. The zero-order valence-corrected chi connectivity index (χ0v) is 16.6. The van der Waals surface area contributed by atoms with Gasteiger partial charge in [0.25, 0.3) is 0 Å². The molecule has 2 amide bonds. The second-order valence-electron chi connectivity index (χ2n) is 7.17. The molecule has 1 N–H and O–H groups in total. The number of hydrogen-bond acceptors (Lipinski definition) is 3. The number of hydrogen-bond donors (Lipinski definition) is 1. The van der Waals surface area contributed by atoms with Crippen molar-refractivity contribution in [2.24, 2.45) is 5.92 Å². The molecule has 1 heterocycles. The lowest BCUT2D eigenvalue weighted by atomic mass is 9.91. The van der Waals surface area contributed by atoms with Gasteiger partial charge in [0.1, 0.15) is 5.75 Å². The molecular weight excluding hydrogens is 352 g/mol. The first-order valence-corrected chi connectivity index (χ1v) is 9.90. The van der Waals surface area contributed by atoms with Crippen LogP contribution in [0.5, 0.6) is 5.75 Å². The Labute approximate surface area is 166 Å². The van der Waals surface area contributed by atoms with Gasteiger partial charge in [-0.1, -0.05) is 43.3 Å². The van der Waals surface area contributed by atoms with Crippen LogP contribution in [0, 0.1) is 5.92 Å². The minimum atomic E-state index is -0.247. The van der Waals surface area contributed by atoms with Gasteiger partial charge < -0.3 is 15.0 Å². The highest BCUT2D eigenvalue weighted by molar-refractivity contribution is 5.82. The minimum Gasteiger partial charge on any atom is -0.497 e. The SMILES string of the molecule is CCCC(=O)N1CCNC(=O)[C@H](Cc2ccccc2-c2ccc(OC)cc2)C1. The lowest BCUT2D eigenvalue weighted by molar-refractivity contribution is -0.132. The smallest absolute Gasteiger partial charge is 0.225 e. The molecule has 0 spiro atoms. The third-order valence-electron chi connectivity index (χ3n) is 5.19. The number of carbonyl (C=O) groups is 2. The number of benzene rings is 2. The molecule has 0 bridgehead atoms. The fraction of sp³-hybridized carbons (Fsp3) is 0.391. The van der Waals surface area contributed by atoms with Crippen molar-refractivity contribution in [2.45, 2.75) is 26.2 Å². The lowest BCUT2D eigenvalue weighted by Crippen LogP contribution is -2.37. The molecule has 1 fully saturated rings. The number of carbonyl (C=O) groups excluding carboxylic acids is 2. The molecule has 1 aliphatic rings. The van der Waals surface area contributed by atoms with Crippen LogP contribution in [0.3, 0.4) is 0 Å². The zero-order valence-electron chi connectivity index (χ0n) is 16.6. The highest BCUT2D eigenvalue weighted by Crippen LogP contribution is 2.28. The fourth-order valence-corrected chi connectivity index (χ4v) is 3.67. The van der Waals surface area contributed by atoms with Crippen LogP contribution in [-0.4, -0.2) is 43.5 Å². The van der Waals surface area contributed by atoms with E-state index in [-0.39, 0.29) is 17.7 Å². The molecule has 1 atom stereocenters. The molecule has 0 aliphatic carbocycles. The second kappa shape index (κ2) is 9.40. The van der Waals surface area contributed by atoms with Gasteiger partial charge in [-0.05, 0) is 41.7 Å². The number of methoxy groups -OCH3 is 1. The van der Waals surface area contributed by atoms with E-state index in [2.05, 4.69) is 17.4 Å². The summed E-state index contributed by atoms with van der Waals surface area (Å²) in [5, 5.41) is 2.97. The molecule has 28 heavy (non-hydrogen) atoms. The van der Waals surface area contributed by atoms with Crippen LogP contribution in [0.4, 0.5) is 0 Å². The summed E-state index contributed by atoms with van der Waals surface area (Å²) in [4.78, 5) is 26.8. The zero-order chi connectivity index (χ0) is 19.9. The van der Waals surface area contributed by atoms with Crippen molar-refractivity contribution < 1.29 is 14.3 Å². The Morgan fingerprint density at radius 3 is 2.64 bits per heavy atom. The van der Waals surface area contributed by atoms with Crippen molar-refractivity contribution >= 4 is 11.8 Å². The molecule has 0 radical (unpaired) electrons. The van der Waals surface area contributed by atoms with Gasteiger partial charge in [0.05, 0.1) is 13.0 Å². The normalized spacial score (nSPS) is 17.0. The quantitative estimate of drug-likeness (QED) is 0.837. The van der Waals surface area contributed by atoms with Gasteiger partial charge in [0.2, 0.25) is 11.8 Å². The molecule has 148 valence electrons. The van der Waals surface area contributed by atoms with E-state index in [0.29, 0.717) is 32.5 Å². The fourth-order valence-electron chi connectivity index (χ4n) is 3.67. The second-order valence-corrected chi connectivity index (χ2v) is 7.17. The number of rotatable bonds is 6. The average molecular weight is 380 g/mol. The number of nitrogens with one attached hydrogen (secondary N) is 1. The first-order valence-electron chi connectivity index (χ1n) is 9.90. The molecule has 5 nitrogen and oxygen atoms in total. The average Bonchev–Trinajstić information content (AvgIpc) is 2.90. The van der Waals surface area contributed by atoms with Crippen LogP contribution in [0.1, 0.15) is 25.3 Å². The summed E-state index contributed by atoms with van der Waals surface area (Å²) in [6, 6.07) is 16.1. The van der Waals surface area contributed by atoms with Crippen LogP contribution in [0.15, 0.2) is 48.5 Å². The van der Waals surface area contributed by atoms with Crippen LogP contribution in [0.25, 0.3) is 11.1 Å². The van der Waals surface area contributed by atoms with E-state index in [9.17, 15) is 9.59 Å². The highest BCUT2D eigenvalue weighted by atomic mass is 16.5. The first-order chi connectivity index (χ1) is 13.6. The number of nitrogens with zero attached hydrogens (tertiary/aromatic N) is 1. The van der Waals surface area contributed by atoms with Gasteiger partial charge in [0.15, 0.2) is 0 Å². The summed E-state index contributed by atoms with van der Waals surface area (Å²) >= 11 is 0. The van der Waals surface area contributed by atoms with Crippen LogP contribution in [-0.2, 0) is 16.0 Å². The molecule has 1 aliphatic heterocycles. The van der Waals surface area contributed by atoms with E-state index < -0.39 is 0 Å². The minimum absolute atomic E-state index is 0.0244. The lowest BCUT2D eigenvalue weighted by Gasteiger charge is -2.23. The highest BCUT2D eigenvalue weighted by Gasteiger charge is 2.28. The summed E-state index contributed by atoms with van der Waals surface area (Å²) in [7, 11) is 1.65. The summed E-state index contributed by atoms with van der Waals surface area (Å²) in [6.45, 7) is 3.58. The topological polar surface area (TPSA) is 58.6 Å². The summed E-state index contributed by atoms with van der Waals surface area (Å²) in [5.74, 6) is 0.723. The largest absolute Gasteiger partial charge is 0.497 e. The van der Waals surface area contributed by atoms with Gasteiger partial charge in [-0.25, -0.2) is 0 Å². The Balaban J connectivity index is 1.83. The van der Waals surface area contributed by atoms with E-state index in [0.717, 1.165) is 28.9 Å². The molecule has 2 aromatic carbocycles. The van der Waals surface area contributed by atoms with Crippen LogP contribution < -0.4 is 10.1 Å². The molecule has 3 rings (SSSR count). The first kappa shape index (κ1) is 19.9. The van der Waals surface area contributed by atoms with Crippen molar-refractivity contribution in [2.75, 3.05) is 26.7 Å². The van der Waals surface area contributed by atoms with Crippen molar-refractivity contribution in [1.29, 1.82) is 0 Å². The molecule has 1 saturated heterocycles. The van der Waals surface area contributed by atoms with E-state index in [1.54, 1.807) is 7.11 Å². The van der Waals surface area contributed by atoms with Crippen LogP contribution in [0.2, 0.25) is 0 Å². The monoisotopic (exact) mass is 380 g/mol. The Hall–Kier alpha value is -2.82. The predicted molar refractivity (Wildman–Crippen MR) is 110 cm³/mol. The third kappa shape index (κ3) is 4.71. The van der Waals surface area contributed by atoms with Gasteiger partial charge in [0, 0.05) is 26.1 Å². The van der Waals surface area contributed by atoms with Crippen molar-refractivity contribution in [1.82, 2.24) is 10.2 Å². The summed E-state index contributed by atoms with van der Waals surface area (Å²) < 4.78 is 5.25. The maximum atomic E-state index is 12.6. The third-order valence-corrected chi connectivity index (χ3v) is 5.19. The van der Waals surface area contributed by atoms with Gasteiger partial charge >= 0.3 is 0 Å². The number of ether oxygens (including phenoxy) is 1. The molecule has 0 unspecified atom stereocenters. The molecular formula is C23H28N2O3. The van der Waals surface area contributed by atoms with Crippen molar-refractivity contribution in [3.63, 3.8) is 0 Å². The van der Waals surface area contributed by atoms with E-state index >= 15 is 0 Å². The Bertz CT molecular complexity index is 817. The molecule has 5 heteroatoms. The Morgan fingerprint density at radius 2 is 1.93 bits per heavy atom. The van der Waals surface area contributed by atoms with E-state index in [4.69, 9.17) is 4.74 Å². The Morgan fingerprint density at radius 1 is 1.18 bits per heavy atom. The molecule has 0 aromatic heterocycles. The van der Waals surface area contributed by atoms with E-state index in [1.807, 2.05) is 48.2 Å². The van der Waals surface area contributed by atoms with E-state index in [1.165, 1.54) is 0 Å². The summed E-state index contributed by atoms with van der Waals surface area (Å²) in [5.41, 5.74) is 3.30.